The first-order valence-electron chi connectivity index (χ1n) is 47.0. The molecule has 640 valence electrons. The van der Waals surface area contributed by atoms with Crippen LogP contribution in [0.15, 0.2) is 522 Å². The zero-order valence-corrected chi connectivity index (χ0v) is 74.8. The molecule has 28 rings (SSSR count). The molecule has 0 atom stereocenters. The van der Waals surface area contributed by atoms with E-state index in [0.717, 1.165) is 45.0 Å². The molecule has 6 heterocycles. The second-order valence-electron chi connectivity index (χ2n) is 35.6. The van der Waals surface area contributed by atoms with Crippen molar-refractivity contribution in [3.63, 3.8) is 0 Å². The van der Waals surface area contributed by atoms with Gasteiger partial charge in [0.1, 0.15) is 5.82 Å². The van der Waals surface area contributed by atoms with Crippen molar-refractivity contribution in [2.75, 3.05) is 0 Å². The summed E-state index contributed by atoms with van der Waals surface area (Å²) in [6.45, 7) is 0. The Morgan fingerprint density at radius 2 is 0.336 bits per heavy atom. The third-order valence-corrected chi connectivity index (χ3v) is 27.8. The van der Waals surface area contributed by atoms with E-state index in [1.807, 2.05) is 0 Å². The Hall–Kier alpha value is -18.2. The van der Waals surface area contributed by atoms with Crippen LogP contribution in [-0.4, -0.2) is 27.8 Å². The quantitative estimate of drug-likeness (QED) is 0.112. The van der Waals surface area contributed by atoms with E-state index >= 15 is 0 Å². The average molecular weight is 1740 g/mol. The van der Waals surface area contributed by atoms with Crippen molar-refractivity contribution in [2.24, 2.45) is 0 Å². The molecule has 28 aromatic rings. The molecule has 0 aliphatic rings. The minimum atomic E-state index is 0.902. The van der Waals surface area contributed by atoms with E-state index in [1.54, 1.807) is 0 Å². The largest absolute Gasteiger partial charge is 0.309 e. The van der Waals surface area contributed by atoms with Gasteiger partial charge in [-0.25, -0.2) is 4.98 Å². The lowest BCUT2D eigenvalue weighted by Crippen LogP contribution is -2.00. The molecule has 6 nitrogen and oxygen atoms in total. The van der Waals surface area contributed by atoms with Gasteiger partial charge in [-0.05, 0) is 257 Å². The molecule has 0 N–H and O–H groups in total. The first kappa shape index (κ1) is 79.7. The summed E-state index contributed by atoms with van der Waals surface area (Å²) in [5.74, 6) is 0.902. The average Bonchev–Trinajstić information content (AvgIpc) is 1.72. The fourth-order valence-corrected chi connectivity index (χ4v) is 21.4. The van der Waals surface area contributed by atoms with Crippen LogP contribution in [0.3, 0.4) is 0 Å². The SMILES string of the molecule is c1ccc(-c2cc(-c3ccccc3)nc(-n3c4ccccc4c4cc(-c5ccc6c(c5)c5ccccc5n6-c5ccccc5)ccc43)c2)cc1.c1ccc(-c2ccc(-n3c4ccccc4c4cc(-c5ccc6c(c5)c5ccccc5n6-c5cccc(-c6ccccc6)c5)ccc43)cc2)cc1.c1ccc(-n2c3ccccc3c3cc(-c4ccc5c6ccccc6c6ccccc6c5c4)ccc32)cc1. The van der Waals surface area contributed by atoms with Gasteiger partial charge >= 0.3 is 0 Å². The summed E-state index contributed by atoms with van der Waals surface area (Å²) in [6.07, 6.45) is 0. The van der Waals surface area contributed by atoms with Crippen LogP contribution in [0, 0.1) is 0 Å². The number of aromatic nitrogens is 6. The molecule has 0 radical (unpaired) electrons. The Balaban J connectivity index is 0.000000108. The van der Waals surface area contributed by atoms with Crippen molar-refractivity contribution in [3.8, 4) is 107 Å². The lowest BCUT2D eigenvalue weighted by molar-refractivity contribution is 1.08. The molecule has 137 heavy (non-hydrogen) atoms. The minimum absolute atomic E-state index is 0.902. The fourth-order valence-electron chi connectivity index (χ4n) is 21.4. The molecule has 6 aromatic heterocycles. The van der Waals surface area contributed by atoms with E-state index in [4.69, 9.17) is 4.98 Å². The topological polar surface area (TPSA) is 37.5 Å². The third-order valence-electron chi connectivity index (χ3n) is 27.8. The Morgan fingerprint density at radius 1 is 0.109 bits per heavy atom. The maximum atomic E-state index is 5.30. The molecule has 0 spiro atoms. The van der Waals surface area contributed by atoms with Gasteiger partial charge < -0.3 is 18.3 Å². The molecule has 0 saturated carbocycles. The Morgan fingerprint density at radius 3 is 0.715 bits per heavy atom. The summed E-state index contributed by atoms with van der Waals surface area (Å²) in [4.78, 5) is 5.30. The van der Waals surface area contributed by atoms with E-state index in [2.05, 4.69) is 545 Å². The highest BCUT2D eigenvalue weighted by atomic mass is 15.1. The van der Waals surface area contributed by atoms with Crippen LogP contribution in [0.4, 0.5) is 0 Å². The molecule has 0 aliphatic heterocycles. The lowest BCUT2D eigenvalue weighted by atomic mass is 9.92. The molecule has 22 aromatic carbocycles. The number of para-hydroxylation sites is 7. The summed E-state index contributed by atoms with van der Waals surface area (Å²) in [5.41, 5.74) is 33.2. The smallest absolute Gasteiger partial charge is 0.138 e. The molecule has 0 saturated heterocycles. The van der Waals surface area contributed by atoms with Crippen LogP contribution in [-0.2, 0) is 0 Å². The highest BCUT2D eigenvalue weighted by molar-refractivity contribution is 6.26. The van der Waals surface area contributed by atoms with Crippen LogP contribution in [0.2, 0.25) is 0 Å². The monoisotopic (exact) mass is 1740 g/mol. The number of nitrogens with zero attached hydrogens (tertiary/aromatic N) is 6. The Bertz CT molecular complexity index is 9470. The maximum Gasteiger partial charge on any atom is 0.138 e. The number of pyridine rings is 1. The number of hydrogen-bond acceptors (Lipinski definition) is 1. The van der Waals surface area contributed by atoms with Crippen LogP contribution < -0.4 is 0 Å². The highest BCUT2D eigenvalue weighted by Crippen LogP contribution is 2.46. The van der Waals surface area contributed by atoms with Crippen molar-refractivity contribution in [3.05, 3.63) is 522 Å². The van der Waals surface area contributed by atoms with E-state index in [1.165, 1.54) is 203 Å². The predicted octanol–water partition coefficient (Wildman–Crippen LogP) is 35.1. The van der Waals surface area contributed by atoms with E-state index < -0.39 is 0 Å². The second-order valence-corrected chi connectivity index (χ2v) is 35.6. The van der Waals surface area contributed by atoms with E-state index in [9.17, 15) is 0 Å². The first-order valence-corrected chi connectivity index (χ1v) is 47.0. The minimum Gasteiger partial charge on any atom is -0.309 e. The molecular weight excluding hydrogens is 1660 g/mol. The molecule has 0 fully saturated rings. The van der Waals surface area contributed by atoms with Crippen LogP contribution in [0.25, 0.3) is 248 Å². The van der Waals surface area contributed by atoms with Crippen molar-refractivity contribution < 1.29 is 0 Å². The molecule has 0 bridgehead atoms. The molecular formula is C131H86N6. The number of hydrogen-bond donors (Lipinski definition) is 0. The Labute approximate surface area is 791 Å². The summed E-state index contributed by atoms with van der Waals surface area (Å²) >= 11 is 0. The van der Waals surface area contributed by atoms with Gasteiger partial charge in [0.05, 0.1) is 60.9 Å². The first-order chi connectivity index (χ1) is 68.0. The van der Waals surface area contributed by atoms with Crippen LogP contribution in [0.1, 0.15) is 0 Å². The predicted molar refractivity (Wildman–Crippen MR) is 579 cm³/mol. The third kappa shape index (κ3) is 13.9. The highest BCUT2D eigenvalue weighted by Gasteiger charge is 2.23. The summed E-state index contributed by atoms with van der Waals surface area (Å²) in [7, 11) is 0. The molecule has 6 heteroatoms. The van der Waals surface area contributed by atoms with Crippen molar-refractivity contribution >= 4 is 141 Å². The van der Waals surface area contributed by atoms with Gasteiger partial charge in [0.2, 0.25) is 0 Å². The fraction of sp³-hybridized carbons (Fsp3) is 0. The zero-order valence-electron chi connectivity index (χ0n) is 74.8. The number of rotatable bonds is 12. The van der Waals surface area contributed by atoms with Crippen molar-refractivity contribution in [1.29, 1.82) is 0 Å². The van der Waals surface area contributed by atoms with Crippen LogP contribution in [0.5, 0.6) is 0 Å². The molecule has 0 amide bonds. The molecule has 0 unspecified atom stereocenters. The van der Waals surface area contributed by atoms with Gasteiger partial charge in [0.15, 0.2) is 0 Å². The summed E-state index contributed by atoms with van der Waals surface area (Å²) < 4.78 is 11.9. The molecule has 0 aliphatic carbocycles. The van der Waals surface area contributed by atoms with Crippen LogP contribution >= 0.6 is 0 Å². The maximum absolute atomic E-state index is 5.30. The number of fused-ring (bicyclic) bond motifs is 21. The van der Waals surface area contributed by atoms with Gasteiger partial charge in [0.25, 0.3) is 0 Å². The van der Waals surface area contributed by atoms with Crippen molar-refractivity contribution in [1.82, 2.24) is 27.8 Å². The normalized spacial score (nSPS) is 11.6. The van der Waals surface area contributed by atoms with Gasteiger partial charge in [-0.3, -0.25) is 4.57 Å². The second kappa shape index (κ2) is 33.6. The lowest BCUT2D eigenvalue weighted by Gasteiger charge is -2.13. The number of benzene rings is 22. The standard InChI is InChI=1S/C48H32N2.C47H31N3.C36H23N/c1-3-12-33(13-4-1)35-22-26-39(27-23-35)49-45-20-9-7-18-41(45)43-31-37(24-28-47(43)49)38-25-29-48-44(32-38)42-19-8-10-21-46(42)50(48)40-17-11-16-36(30-40)34-14-5-2-6-15-34;1-4-14-32(15-5-1)36-30-42(33-16-6-2-7-17-33)48-47(31-36)50-44-23-13-11-21-39(44)41-29-35(25-27-46(41)50)34-24-26-45-40(28-34)38-20-10-12-22-43(38)49(45)37-18-8-3-9-19-37;1-2-10-26(11-3-1)37-35-17-9-8-16-32(35)34-23-25(19-21-36(34)37)24-18-20-31-29-14-5-4-12-27(29)28-13-6-7-15-30(28)33(31)22-24/h1-32H;1-31H;1-23H. The zero-order chi connectivity index (χ0) is 90.4. The van der Waals surface area contributed by atoms with Gasteiger partial charge in [-0.1, -0.05) is 364 Å². The summed E-state index contributed by atoms with van der Waals surface area (Å²) in [6, 6.07) is 188. The van der Waals surface area contributed by atoms with Crippen molar-refractivity contribution in [2.45, 2.75) is 0 Å². The Kier molecular flexibility index (Phi) is 19.5. The summed E-state index contributed by atoms with van der Waals surface area (Å²) in [5, 5.41) is 20.3. The van der Waals surface area contributed by atoms with E-state index in [0.29, 0.717) is 0 Å². The van der Waals surface area contributed by atoms with Gasteiger partial charge in [-0.15, -0.1) is 0 Å². The van der Waals surface area contributed by atoms with Gasteiger partial charge in [-0.2, -0.15) is 0 Å². The van der Waals surface area contributed by atoms with Gasteiger partial charge in [0, 0.05) is 82.2 Å². The van der Waals surface area contributed by atoms with E-state index in [-0.39, 0.29) is 0 Å².